The minimum Gasteiger partial charge on any atom is -0.493 e. The lowest BCUT2D eigenvalue weighted by molar-refractivity contribution is -0.132. The van der Waals surface area contributed by atoms with Crippen LogP contribution in [-0.4, -0.2) is 37.6 Å². The minimum atomic E-state index is -0.0139. The Balaban J connectivity index is 1.55. The Kier molecular flexibility index (Phi) is 4.32. The first-order valence-electron chi connectivity index (χ1n) is 7.35. The van der Waals surface area contributed by atoms with Gasteiger partial charge in [0, 0.05) is 19.0 Å². The van der Waals surface area contributed by atoms with Crippen molar-refractivity contribution in [2.45, 2.75) is 12.3 Å². The van der Waals surface area contributed by atoms with E-state index >= 15 is 0 Å². The number of ether oxygens (including phenoxy) is 2. The zero-order valence-electron chi connectivity index (χ0n) is 12.5. The maximum atomic E-state index is 12.3. The minimum absolute atomic E-state index is 0.0139. The van der Waals surface area contributed by atoms with Gasteiger partial charge in [0.1, 0.15) is 5.76 Å². The number of furan rings is 1. The summed E-state index contributed by atoms with van der Waals surface area (Å²) < 4.78 is 16.2. The van der Waals surface area contributed by atoms with E-state index in [0.29, 0.717) is 18.0 Å². The molecule has 1 unspecified atom stereocenters. The van der Waals surface area contributed by atoms with Gasteiger partial charge in [-0.15, -0.1) is 0 Å². The number of amides is 1. The van der Waals surface area contributed by atoms with Gasteiger partial charge >= 0.3 is 0 Å². The SMILES string of the molecule is COc1ccccc1OCC(=O)N1CCC(c2ccco2)C1. The predicted octanol–water partition coefficient (Wildman–Crippen LogP) is 2.68. The molecule has 0 spiro atoms. The van der Waals surface area contributed by atoms with Crippen molar-refractivity contribution in [3.63, 3.8) is 0 Å². The molecule has 1 fully saturated rings. The summed E-state index contributed by atoms with van der Waals surface area (Å²) in [5, 5.41) is 0. The van der Waals surface area contributed by atoms with Gasteiger partial charge in [-0.3, -0.25) is 4.79 Å². The molecular weight excluding hydrogens is 282 g/mol. The fourth-order valence-corrected chi connectivity index (χ4v) is 2.71. The van der Waals surface area contributed by atoms with Crippen LogP contribution in [0.2, 0.25) is 0 Å². The highest BCUT2D eigenvalue weighted by atomic mass is 16.5. The fourth-order valence-electron chi connectivity index (χ4n) is 2.71. The average Bonchev–Trinajstić information content (AvgIpc) is 3.23. The Labute approximate surface area is 129 Å². The molecular formula is C17H19NO4. The first-order chi connectivity index (χ1) is 10.8. The molecule has 22 heavy (non-hydrogen) atoms. The Morgan fingerprint density at radius 1 is 1.27 bits per heavy atom. The van der Waals surface area contributed by atoms with Crippen molar-refractivity contribution >= 4 is 5.91 Å². The summed E-state index contributed by atoms with van der Waals surface area (Å²) in [6, 6.07) is 11.2. The monoisotopic (exact) mass is 301 g/mol. The lowest BCUT2D eigenvalue weighted by atomic mass is 10.1. The van der Waals surface area contributed by atoms with E-state index in [9.17, 15) is 4.79 Å². The van der Waals surface area contributed by atoms with Gasteiger partial charge in [0.25, 0.3) is 5.91 Å². The van der Waals surface area contributed by atoms with Crippen molar-refractivity contribution in [3.8, 4) is 11.5 Å². The molecule has 1 saturated heterocycles. The molecule has 0 bridgehead atoms. The first kappa shape index (κ1) is 14.5. The average molecular weight is 301 g/mol. The molecule has 0 aliphatic carbocycles. The van der Waals surface area contributed by atoms with E-state index in [-0.39, 0.29) is 18.4 Å². The molecule has 1 aromatic heterocycles. The van der Waals surface area contributed by atoms with Gasteiger partial charge < -0.3 is 18.8 Å². The van der Waals surface area contributed by atoms with E-state index in [2.05, 4.69) is 0 Å². The van der Waals surface area contributed by atoms with Gasteiger partial charge in [0.05, 0.1) is 13.4 Å². The van der Waals surface area contributed by atoms with Crippen LogP contribution in [0.3, 0.4) is 0 Å². The fraction of sp³-hybridized carbons (Fsp3) is 0.353. The number of carbonyl (C=O) groups excluding carboxylic acids is 1. The number of hydrogen-bond donors (Lipinski definition) is 0. The standard InChI is InChI=1S/C17H19NO4/c1-20-15-5-2-3-6-16(15)22-12-17(19)18-9-8-13(11-18)14-7-4-10-21-14/h2-7,10,13H,8-9,11-12H2,1H3. The molecule has 3 rings (SSSR count). The maximum Gasteiger partial charge on any atom is 0.260 e. The van der Waals surface area contributed by atoms with E-state index in [0.717, 1.165) is 18.7 Å². The molecule has 0 N–H and O–H groups in total. The summed E-state index contributed by atoms with van der Waals surface area (Å²) in [4.78, 5) is 14.1. The van der Waals surface area contributed by atoms with Gasteiger partial charge in [0.2, 0.25) is 0 Å². The summed E-state index contributed by atoms with van der Waals surface area (Å²) in [5.74, 6) is 2.43. The van der Waals surface area contributed by atoms with Crippen LogP contribution in [0.4, 0.5) is 0 Å². The van der Waals surface area contributed by atoms with Crippen LogP contribution in [0.5, 0.6) is 11.5 Å². The molecule has 1 aromatic carbocycles. The van der Waals surface area contributed by atoms with E-state index in [1.54, 1.807) is 19.4 Å². The number of para-hydroxylation sites is 2. The number of likely N-dealkylation sites (tertiary alicyclic amines) is 1. The molecule has 1 atom stereocenters. The van der Waals surface area contributed by atoms with Crippen molar-refractivity contribution in [2.24, 2.45) is 0 Å². The number of hydrogen-bond acceptors (Lipinski definition) is 4. The normalized spacial score (nSPS) is 17.5. The van der Waals surface area contributed by atoms with E-state index in [1.165, 1.54) is 0 Å². The smallest absolute Gasteiger partial charge is 0.260 e. The van der Waals surface area contributed by atoms with Gasteiger partial charge in [0.15, 0.2) is 18.1 Å². The van der Waals surface area contributed by atoms with Crippen LogP contribution in [0, 0.1) is 0 Å². The predicted molar refractivity (Wildman–Crippen MR) is 81.1 cm³/mol. The summed E-state index contributed by atoms with van der Waals surface area (Å²) in [5.41, 5.74) is 0. The second-order valence-corrected chi connectivity index (χ2v) is 5.28. The Morgan fingerprint density at radius 3 is 2.82 bits per heavy atom. The molecule has 5 nitrogen and oxygen atoms in total. The van der Waals surface area contributed by atoms with Gasteiger partial charge in [-0.1, -0.05) is 12.1 Å². The van der Waals surface area contributed by atoms with Crippen LogP contribution in [-0.2, 0) is 4.79 Å². The second kappa shape index (κ2) is 6.56. The highest BCUT2D eigenvalue weighted by molar-refractivity contribution is 5.78. The van der Waals surface area contributed by atoms with Crippen LogP contribution >= 0.6 is 0 Å². The van der Waals surface area contributed by atoms with Crippen LogP contribution in [0.25, 0.3) is 0 Å². The number of nitrogens with zero attached hydrogens (tertiary/aromatic N) is 1. The zero-order chi connectivity index (χ0) is 15.4. The van der Waals surface area contributed by atoms with Gasteiger partial charge in [-0.25, -0.2) is 0 Å². The van der Waals surface area contributed by atoms with E-state index in [4.69, 9.17) is 13.9 Å². The third kappa shape index (κ3) is 3.08. The molecule has 116 valence electrons. The van der Waals surface area contributed by atoms with Crippen molar-refractivity contribution in [2.75, 3.05) is 26.8 Å². The highest BCUT2D eigenvalue weighted by Gasteiger charge is 2.29. The first-order valence-corrected chi connectivity index (χ1v) is 7.35. The number of methoxy groups -OCH3 is 1. The summed E-state index contributed by atoms with van der Waals surface area (Å²) >= 11 is 0. The van der Waals surface area contributed by atoms with Crippen molar-refractivity contribution in [3.05, 3.63) is 48.4 Å². The molecule has 2 aromatic rings. The second-order valence-electron chi connectivity index (χ2n) is 5.28. The Morgan fingerprint density at radius 2 is 2.09 bits per heavy atom. The Hall–Kier alpha value is -2.43. The lowest BCUT2D eigenvalue weighted by Gasteiger charge is -2.17. The van der Waals surface area contributed by atoms with Crippen molar-refractivity contribution in [1.82, 2.24) is 4.90 Å². The third-order valence-electron chi connectivity index (χ3n) is 3.91. The molecule has 0 radical (unpaired) electrons. The highest BCUT2D eigenvalue weighted by Crippen LogP contribution is 2.28. The number of benzene rings is 1. The van der Waals surface area contributed by atoms with Crippen molar-refractivity contribution in [1.29, 1.82) is 0 Å². The maximum absolute atomic E-state index is 12.3. The summed E-state index contributed by atoms with van der Waals surface area (Å²) in [7, 11) is 1.58. The van der Waals surface area contributed by atoms with Crippen molar-refractivity contribution < 1.29 is 18.7 Å². The quantitative estimate of drug-likeness (QED) is 0.852. The topological polar surface area (TPSA) is 51.9 Å². The molecule has 1 aliphatic rings. The Bertz CT molecular complexity index is 623. The summed E-state index contributed by atoms with van der Waals surface area (Å²) in [6.07, 6.45) is 2.60. The molecule has 1 amide bonds. The zero-order valence-corrected chi connectivity index (χ0v) is 12.5. The largest absolute Gasteiger partial charge is 0.493 e. The summed E-state index contributed by atoms with van der Waals surface area (Å²) in [6.45, 7) is 1.44. The van der Waals surface area contributed by atoms with E-state index in [1.807, 2.05) is 35.2 Å². The van der Waals surface area contributed by atoms with Crippen LogP contribution in [0.1, 0.15) is 18.1 Å². The molecule has 1 aliphatic heterocycles. The van der Waals surface area contributed by atoms with E-state index < -0.39 is 0 Å². The van der Waals surface area contributed by atoms with Crippen LogP contribution < -0.4 is 9.47 Å². The number of rotatable bonds is 5. The van der Waals surface area contributed by atoms with Gasteiger partial charge in [-0.05, 0) is 30.7 Å². The lowest BCUT2D eigenvalue weighted by Crippen LogP contribution is -2.32. The third-order valence-corrected chi connectivity index (χ3v) is 3.91. The van der Waals surface area contributed by atoms with Crippen LogP contribution in [0.15, 0.2) is 47.1 Å². The van der Waals surface area contributed by atoms with Gasteiger partial charge in [-0.2, -0.15) is 0 Å². The molecule has 2 heterocycles. The molecule has 5 heteroatoms. The molecule has 0 saturated carbocycles. The number of carbonyl (C=O) groups is 1.